The molecular formula is C18H22N2O3S. The minimum absolute atomic E-state index is 0.134. The molecule has 0 aliphatic rings. The van der Waals surface area contributed by atoms with Gasteiger partial charge in [0.25, 0.3) is 5.56 Å². The smallest absolute Gasteiger partial charge is 0.316 e. The molecule has 1 aromatic heterocycles. The Bertz CT molecular complexity index is 701. The molecule has 0 saturated carbocycles. The minimum atomic E-state index is -0.288. The molecule has 0 radical (unpaired) electrons. The van der Waals surface area contributed by atoms with Gasteiger partial charge in [-0.1, -0.05) is 68.3 Å². The fourth-order valence-corrected chi connectivity index (χ4v) is 2.82. The summed E-state index contributed by atoms with van der Waals surface area (Å²) in [6, 6.07) is 10.9. The highest BCUT2D eigenvalue weighted by molar-refractivity contribution is 7.99. The number of hydrogen-bond donors (Lipinski definition) is 1. The van der Waals surface area contributed by atoms with E-state index in [0.717, 1.165) is 31.2 Å². The first-order valence-electron chi connectivity index (χ1n) is 8.14. The molecule has 1 N–H and O–H groups in total. The van der Waals surface area contributed by atoms with E-state index in [2.05, 4.69) is 16.9 Å². The average molecular weight is 346 g/mol. The molecule has 24 heavy (non-hydrogen) atoms. The maximum Gasteiger partial charge on any atom is 0.316 e. The Morgan fingerprint density at radius 3 is 2.75 bits per heavy atom. The van der Waals surface area contributed by atoms with Crippen molar-refractivity contribution in [2.75, 3.05) is 12.4 Å². The van der Waals surface area contributed by atoms with Gasteiger partial charge in [-0.25, -0.2) is 4.98 Å². The third-order valence-electron chi connectivity index (χ3n) is 3.38. The van der Waals surface area contributed by atoms with Gasteiger partial charge in [0.15, 0.2) is 5.16 Å². The summed E-state index contributed by atoms with van der Waals surface area (Å²) < 4.78 is 5.18. The Labute approximate surface area is 145 Å². The van der Waals surface area contributed by atoms with Gasteiger partial charge in [0.1, 0.15) is 0 Å². The van der Waals surface area contributed by atoms with E-state index in [9.17, 15) is 9.59 Å². The van der Waals surface area contributed by atoms with Gasteiger partial charge < -0.3 is 9.72 Å². The standard InChI is InChI=1S/C18H22N2O3S/c1-2-3-4-8-11-23-17(22)13-24-18-19-15(12-16(21)20-18)14-9-6-5-7-10-14/h5-7,9-10,12H,2-4,8,11,13H2,1H3,(H,19,20,21). The number of ether oxygens (including phenoxy) is 1. The zero-order chi connectivity index (χ0) is 17.2. The largest absolute Gasteiger partial charge is 0.465 e. The number of H-pyrrole nitrogens is 1. The van der Waals surface area contributed by atoms with Crippen LogP contribution < -0.4 is 5.56 Å². The number of thioether (sulfide) groups is 1. The van der Waals surface area contributed by atoms with Crippen LogP contribution >= 0.6 is 11.8 Å². The third-order valence-corrected chi connectivity index (χ3v) is 4.22. The zero-order valence-corrected chi connectivity index (χ0v) is 14.6. The van der Waals surface area contributed by atoms with E-state index in [4.69, 9.17) is 4.74 Å². The van der Waals surface area contributed by atoms with Crippen LogP contribution in [0.15, 0.2) is 46.3 Å². The lowest BCUT2D eigenvalue weighted by molar-refractivity contribution is -0.140. The molecule has 128 valence electrons. The highest BCUT2D eigenvalue weighted by atomic mass is 32.2. The van der Waals surface area contributed by atoms with Gasteiger partial charge in [-0.15, -0.1) is 0 Å². The van der Waals surface area contributed by atoms with Crippen LogP contribution in [0.2, 0.25) is 0 Å². The molecule has 5 nitrogen and oxygen atoms in total. The summed E-state index contributed by atoms with van der Waals surface area (Å²) in [7, 11) is 0. The van der Waals surface area contributed by atoms with Crippen molar-refractivity contribution in [2.45, 2.75) is 37.8 Å². The molecule has 0 amide bonds. The number of aromatic amines is 1. The first-order chi connectivity index (χ1) is 11.7. The maximum atomic E-state index is 11.8. The summed E-state index contributed by atoms with van der Waals surface area (Å²) in [5.41, 5.74) is 1.22. The number of carbonyl (C=O) groups excluding carboxylic acids is 1. The normalized spacial score (nSPS) is 10.5. The van der Waals surface area contributed by atoms with Crippen molar-refractivity contribution in [3.8, 4) is 11.3 Å². The number of rotatable bonds is 9. The van der Waals surface area contributed by atoms with Gasteiger partial charge in [-0.2, -0.15) is 0 Å². The SMILES string of the molecule is CCCCCCOC(=O)CSc1nc(-c2ccccc2)cc(=O)[nH]1. The monoisotopic (exact) mass is 346 g/mol. The fraction of sp³-hybridized carbons (Fsp3) is 0.389. The van der Waals surface area contributed by atoms with Crippen LogP contribution in [-0.4, -0.2) is 28.3 Å². The van der Waals surface area contributed by atoms with Gasteiger partial charge in [-0.3, -0.25) is 9.59 Å². The zero-order valence-electron chi connectivity index (χ0n) is 13.8. The first kappa shape index (κ1) is 18.3. The summed E-state index contributed by atoms with van der Waals surface area (Å²) in [6.45, 7) is 2.59. The minimum Gasteiger partial charge on any atom is -0.465 e. The molecule has 0 atom stereocenters. The van der Waals surface area contributed by atoms with Crippen molar-refractivity contribution in [3.05, 3.63) is 46.8 Å². The highest BCUT2D eigenvalue weighted by Crippen LogP contribution is 2.18. The number of nitrogens with zero attached hydrogens (tertiary/aromatic N) is 1. The molecule has 0 aliphatic carbocycles. The van der Waals surface area contributed by atoms with Crippen molar-refractivity contribution >= 4 is 17.7 Å². The van der Waals surface area contributed by atoms with E-state index in [-0.39, 0.29) is 17.3 Å². The Morgan fingerprint density at radius 1 is 1.21 bits per heavy atom. The van der Waals surface area contributed by atoms with E-state index < -0.39 is 0 Å². The molecule has 1 aromatic carbocycles. The lowest BCUT2D eigenvalue weighted by Gasteiger charge is -2.05. The van der Waals surface area contributed by atoms with Gasteiger partial charge in [0.05, 0.1) is 18.1 Å². The fourth-order valence-electron chi connectivity index (χ4n) is 2.14. The van der Waals surface area contributed by atoms with Gasteiger partial charge in [-0.05, 0) is 6.42 Å². The lowest BCUT2D eigenvalue weighted by atomic mass is 10.1. The first-order valence-corrected chi connectivity index (χ1v) is 9.13. The maximum absolute atomic E-state index is 11.8. The van der Waals surface area contributed by atoms with E-state index in [1.165, 1.54) is 17.8 Å². The summed E-state index contributed by atoms with van der Waals surface area (Å²) in [6.07, 6.45) is 4.28. The van der Waals surface area contributed by atoms with E-state index in [0.29, 0.717) is 17.5 Å². The molecule has 0 aliphatic heterocycles. The summed E-state index contributed by atoms with van der Waals surface area (Å²) >= 11 is 1.18. The number of esters is 1. The molecule has 6 heteroatoms. The quantitative estimate of drug-likeness (QED) is 0.325. The molecule has 1 heterocycles. The van der Waals surface area contributed by atoms with Crippen LogP contribution in [0.4, 0.5) is 0 Å². The number of benzene rings is 1. The van der Waals surface area contributed by atoms with E-state index in [1.807, 2.05) is 30.3 Å². The molecule has 0 unspecified atom stereocenters. The predicted molar refractivity (Wildman–Crippen MR) is 96.1 cm³/mol. The summed E-state index contributed by atoms with van der Waals surface area (Å²) in [4.78, 5) is 30.5. The molecule has 0 spiro atoms. The molecule has 0 bridgehead atoms. The molecular weight excluding hydrogens is 324 g/mol. The molecule has 2 rings (SSSR count). The number of aromatic nitrogens is 2. The number of unbranched alkanes of at least 4 members (excludes halogenated alkanes) is 3. The third kappa shape index (κ3) is 6.20. The predicted octanol–water partition coefficient (Wildman–Crippen LogP) is 3.65. The Balaban J connectivity index is 1.88. The molecule has 0 saturated heterocycles. The summed E-state index contributed by atoms with van der Waals surface area (Å²) in [5.74, 6) is -0.154. The second-order valence-corrected chi connectivity index (χ2v) is 6.34. The second kappa shape index (κ2) is 9.93. The molecule has 2 aromatic rings. The van der Waals surface area contributed by atoms with Crippen molar-refractivity contribution < 1.29 is 9.53 Å². The van der Waals surface area contributed by atoms with Crippen molar-refractivity contribution in [2.24, 2.45) is 0 Å². The van der Waals surface area contributed by atoms with Gasteiger partial charge in [0, 0.05) is 11.6 Å². The molecule has 0 fully saturated rings. The van der Waals surface area contributed by atoms with Crippen LogP contribution in [0.1, 0.15) is 32.6 Å². The van der Waals surface area contributed by atoms with E-state index >= 15 is 0 Å². The average Bonchev–Trinajstić information content (AvgIpc) is 2.60. The van der Waals surface area contributed by atoms with Crippen LogP contribution in [0.5, 0.6) is 0 Å². The highest BCUT2D eigenvalue weighted by Gasteiger charge is 2.08. The number of nitrogens with one attached hydrogen (secondary N) is 1. The van der Waals surface area contributed by atoms with Crippen LogP contribution in [0.3, 0.4) is 0 Å². The Morgan fingerprint density at radius 2 is 2.00 bits per heavy atom. The Kier molecular flexibility index (Phi) is 7.55. The summed E-state index contributed by atoms with van der Waals surface area (Å²) in [5, 5.41) is 0.421. The van der Waals surface area contributed by atoms with E-state index in [1.54, 1.807) is 0 Å². The lowest BCUT2D eigenvalue weighted by Crippen LogP contribution is -2.11. The number of hydrogen-bond acceptors (Lipinski definition) is 5. The second-order valence-electron chi connectivity index (χ2n) is 5.37. The van der Waals surface area contributed by atoms with Crippen LogP contribution in [0.25, 0.3) is 11.3 Å². The van der Waals surface area contributed by atoms with Crippen LogP contribution in [-0.2, 0) is 9.53 Å². The van der Waals surface area contributed by atoms with Crippen LogP contribution in [0, 0.1) is 0 Å². The Hall–Kier alpha value is -2.08. The number of carbonyl (C=O) groups is 1. The van der Waals surface area contributed by atoms with Crippen molar-refractivity contribution in [3.63, 3.8) is 0 Å². The topological polar surface area (TPSA) is 72.0 Å². The van der Waals surface area contributed by atoms with Gasteiger partial charge in [0.2, 0.25) is 0 Å². The van der Waals surface area contributed by atoms with Gasteiger partial charge >= 0.3 is 5.97 Å². The van der Waals surface area contributed by atoms with Crippen molar-refractivity contribution in [1.29, 1.82) is 0 Å². The van der Waals surface area contributed by atoms with Crippen molar-refractivity contribution in [1.82, 2.24) is 9.97 Å².